The van der Waals surface area contributed by atoms with Crippen molar-refractivity contribution in [1.29, 1.82) is 0 Å². The molecule has 162 valence electrons. The molecule has 1 aromatic heterocycles. The summed E-state index contributed by atoms with van der Waals surface area (Å²) in [6.45, 7) is 5.40. The Morgan fingerprint density at radius 1 is 0.967 bits per heavy atom. The fourth-order valence-corrected chi connectivity index (χ4v) is 5.76. The number of pyridine rings is 1. The smallest absolute Gasteiger partial charge is 0.272 e. The summed E-state index contributed by atoms with van der Waals surface area (Å²) < 4.78 is 0. The lowest BCUT2D eigenvalue weighted by Crippen LogP contribution is -2.57. The van der Waals surface area contributed by atoms with Crippen molar-refractivity contribution < 1.29 is 9.59 Å². The number of piperazine rings is 1. The number of likely N-dealkylation sites (tertiary alicyclic amines) is 1. The van der Waals surface area contributed by atoms with Gasteiger partial charge in [0.2, 0.25) is 5.91 Å². The molecule has 2 saturated heterocycles. The topological polar surface area (TPSA) is 82.8 Å². The Morgan fingerprint density at radius 2 is 1.67 bits per heavy atom. The van der Waals surface area contributed by atoms with E-state index in [1.54, 1.807) is 12.1 Å². The summed E-state index contributed by atoms with van der Waals surface area (Å²) in [5.74, 6) is 0.556. The van der Waals surface area contributed by atoms with Crippen LogP contribution in [0.25, 0.3) is 0 Å². The van der Waals surface area contributed by atoms with E-state index in [-0.39, 0.29) is 17.2 Å². The van der Waals surface area contributed by atoms with Gasteiger partial charge in [-0.2, -0.15) is 0 Å². The highest BCUT2D eigenvalue weighted by molar-refractivity contribution is 5.92. The molecule has 0 aromatic carbocycles. The van der Waals surface area contributed by atoms with Crippen molar-refractivity contribution in [3.63, 3.8) is 0 Å². The maximum Gasteiger partial charge on any atom is 0.272 e. The first kappa shape index (κ1) is 19.8. The lowest BCUT2D eigenvalue weighted by molar-refractivity contribution is -0.148. The van der Waals surface area contributed by atoms with E-state index < -0.39 is 0 Å². The minimum atomic E-state index is -0.0128. The average molecular weight is 412 g/mol. The van der Waals surface area contributed by atoms with E-state index in [4.69, 9.17) is 5.73 Å². The van der Waals surface area contributed by atoms with Gasteiger partial charge in [0.1, 0.15) is 5.69 Å². The van der Waals surface area contributed by atoms with Crippen molar-refractivity contribution >= 4 is 17.5 Å². The third kappa shape index (κ3) is 3.68. The van der Waals surface area contributed by atoms with Gasteiger partial charge in [-0.3, -0.25) is 14.5 Å². The van der Waals surface area contributed by atoms with Crippen molar-refractivity contribution in [3.05, 3.63) is 24.0 Å². The summed E-state index contributed by atoms with van der Waals surface area (Å²) in [4.78, 5) is 36.4. The van der Waals surface area contributed by atoms with E-state index >= 15 is 0 Å². The summed E-state index contributed by atoms with van der Waals surface area (Å²) in [6, 6.07) is 4.20. The number of aromatic nitrogens is 1. The second-order valence-electron chi connectivity index (χ2n) is 9.82. The molecule has 5 rings (SSSR count). The molecule has 4 fully saturated rings. The molecule has 2 aliphatic carbocycles. The van der Waals surface area contributed by atoms with E-state index in [1.807, 2.05) is 4.90 Å². The number of carbonyl (C=O) groups excluding carboxylic acids is 2. The number of nitrogens with zero attached hydrogens (tertiary/aromatic N) is 4. The van der Waals surface area contributed by atoms with Gasteiger partial charge in [0.05, 0.1) is 11.9 Å². The van der Waals surface area contributed by atoms with Gasteiger partial charge in [-0.1, -0.05) is 6.42 Å². The first-order valence-electron chi connectivity index (χ1n) is 11.6. The van der Waals surface area contributed by atoms with Crippen LogP contribution in [0.3, 0.4) is 0 Å². The lowest BCUT2D eigenvalue weighted by Gasteiger charge is -2.53. The fraction of sp³-hybridized carbons (Fsp3) is 0.696. The number of nitrogens with two attached hydrogens (primary N) is 1. The normalized spacial score (nSPS) is 25.1. The van der Waals surface area contributed by atoms with Gasteiger partial charge in [0.15, 0.2) is 0 Å². The van der Waals surface area contributed by atoms with Crippen LogP contribution in [0.1, 0.15) is 55.4 Å². The Balaban J connectivity index is 1.08. The Morgan fingerprint density at radius 3 is 2.23 bits per heavy atom. The molecule has 0 atom stereocenters. The molecule has 2 amide bonds. The fourth-order valence-electron chi connectivity index (χ4n) is 5.76. The minimum absolute atomic E-state index is 0.0128. The van der Waals surface area contributed by atoms with Gasteiger partial charge in [0, 0.05) is 51.2 Å². The monoisotopic (exact) mass is 411 g/mol. The summed E-state index contributed by atoms with van der Waals surface area (Å²) in [5.41, 5.74) is 6.96. The Kier molecular flexibility index (Phi) is 5.17. The van der Waals surface area contributed by atoms with Crippen LogP contribution in [-0.4, -0.2) is 76.8 Å². The number of carbonyl (C=O) groups is 2. The van der Waals surface area contributed by atoms with Crippen LogP contribution >= 0.6 is 0 Å². The first-order chi connectivity index (χ1) is 14.5. The number of anilines is 1. The highest BCUT2D eigenvalue weighted by Crippen LogP contribution is 2.53. The van der Waals surface area contributed by atoms with Crippen molar-refractivity contribution in [2.45, 2.75) is 51.0 Å². The molecule has 3 heterocycles. The number of hydrogen-bond acceptors (Lipinski definition) is 5. The Labute approximate surface area is 178 Å². The number of piperidine rings is 1. The summed E-state index contributed by atoms with van der Waals surface area (Å²) in [5, 5.41) is 0. The second kappa shape index (κ2) is 7.84. The van der Waals surface area contributed by atoms with Crippen LogP contribution in [0.5, 0.6) is 0 Å². The number of rotatable bonds is 3. The van der Waals surface area contributed by atoms with E-state index in [9.17, 15) is 9.59 Å². The van der Waals surface area contributed by atoms with Gasteiger partial charge in [-0.15, -0.1) is 0 Å². The molecule has 30 heavy (non-hydrogen) atoms. The number of hydrogen-bond donors (Lipinski definition) is 1. The molecule has 1 aromatic rings. The quantitative estimate of drug-likeness (QED) is 0.823. The van der Waals surface area contributed by atoms with Gasteiger partial charge < -0.3 is 15.5 Å². The molecule has 2 N–H and O–H groups in total. The van der Waals surface area contributed by atoms with Crippen LogP contribution in [0.15, 0.2) is 18.3 Å². The van der Waals surface area contributed by atoms with E-state index in [0.29, 0.717) is 17.3 Å². The largest absolute Gasteiger partial charge is 0.397 e. The highest BCUT2D eigenvalue weighted by atomic mass is 16.2. The first-order valence-corrected chi connectivity index (χ1v) is 11.6. The van der Waals surface area contributed by atoms with Gasteiger partial charge in [0.25, 0.3) is 5.91 Å². The molecule has 2 saturated carbocycles. The van der Waals surface area contributed by atoms with E-state index in [2.05, 4.69) is 14.8 Å². The Bertz CT molecular complexity index is 782. The standard InChI is InChI=1S/C23H33N5O2/c24-18-4-5-20(25-16-18)22(30)27-8-6-23(7-9-27)14-17(15-23)21(29)28-12-10-26(11-13-28)19-2-1-3-19/h4-5,16-17,19H,1-3,6-15,24H2. The zero-order chi connectivity index (χ0) is 20.7. The molecule has 0 radical (unpaired) electrons. The minimum Gasteiger partial charge on any atom is -0.397 e. The average Bonchev–Trinajstić information content (AvgIpc) is 2.71. The number of amides is 2. The van der Waals surface area contributed by atoms with Crippen molar-refractivity contribution in [1.82, 2.24) is 19.7 Å². The van der Waals surface area contributed by atoms with Crippen LogP contribution in [0.2, 0.25) is 0 Å². The van der Waals surface area contributed by atoms with Crippen molar-refractivity contribution in [2.24, 2.45) is 11.3 Å². The van der Waals surface area contributed by atoms with Crippen molar-refractivity contribution in [3.8, 4) is 0 Å². The highest BCUT2D eigenvalue weighted by Gasteiger charge is 2.50. The van der Waals surface area contributed by atoms with E-state index in [1.165, 1.54) is 25.5 Å². The third-order valence-corrected chi connectivity index (χ3v) is 8.04. The SMILES string of the molecule is Nc1ccc(C(=O)N2CCC3(CC2)CC(C(=O)N2CCN(C4CCC4)CC2)C3)nc1. The lowest BCUT2D eigenvalue weighted by atomic mass is 9.57. The summed E-state index contributed by atoms with van der Waals surface area (Å²) in [6.07, 6.45) is 9.56. The van der Waals surface area contributed by atoms with Crippen LogP contribution in [0, 0.1) is 11.3 Å². The predicted molar refractivity (Wildman–Crippen MR) is 115 cm³/mol. The van der Waals surface area contributed by atoms with Gasteiger partial charge >= 0.3 is 0 Å². The molecular formula is C23H33N5O2. The maximum absolute atomic E-state index is 13.0. The number of nitrogen functional groups attached to an aromatic ring is 1. The predicted octanol–water partition coefficient (Wildman–Crippen LogP) is 1.99. The Hall–Kier alpha value is -2.15. The third-order valence-electron chi connectivity index (χ3n) is 8.04. The van der Waals surface area contributed by atoms with Gasteiger partial charge in [-0.25, -0.2) is 4.98 Å². The second-order valence-corrected chi connectivity index (χ2v) is 9.82. The van der Waals surface area contributed by atoms with E-state index in [0.717, 1.165) is 71.0 Å². The van der Waals surface area contributed by atoms with Crippen LogP contribution in [0.4, 0.5) is 5.69 Å². The molecule has 0 unspecified atom stereocenters. The summed E-state index contributed by atoms with van der Waals surface area (Å²) >= 11 is 0. The molecule has 4 aliphatic rings. The molecule has 2 aliphatic heterocycles. The maximum atomic E-state index is 13.0. The molecule has 1 spiro atoms. The van der Waals surface area contributed by atoms with Gasteiger partial charge in [-0.05, 0) is 56.1 Å². The van der Waals surface area contributed by atoms with Crippen LogP contribution in [-0.2, 0) is 4.79 Å². The molecule has 7 heteroatoms. The summed E-state index contributed by atoms with van der Waals surface area (Å²) in [7, 11) is 0. The zero-order valence-corrected chi connectivity index (χ0v) is 17.8. The zero-order valence-electron chi connectivity index (χ0n) is 17.8. The van der Waals surface area contributed by atoms with Crippen LogP contribution < -0.4 is 5.73 Å². The molecular weight excluding hydrogens is 378 g/mol. The molecule has 0 bridgehead atoms. The molecule has 7 nitrogen and oxygen atoms in total. The van der Waals surface area contributed by atoms with Crippen molar-refractivity contribution in [2.75, 3.05) is 45.0 Å².